The van der Waals surface area contributed by atoms with E-state index < -0.39 is 23.7 Å². The van der Waals surface area contributed by atoms with Crippen molar-refractivity contribution in [1.29, 1.82) is 0 Å². The van der Waals surface area contributed by atoms with Gasteiger partial charge in [0, 0.05) is 10.7 Å². The topological polar surface area (TPSA) is 96.3 Å². The molecule has 1 aliphatic heterocycles. The number of carbonyl (C=O) groups is 2. The van der Waals surface area contributed by atoms with Gasteiger partial charge in [0.15, 0.2) is 0 Å². The molecule has 0 fully saturated rings. The summed E-state index contributed by atoms with van der Waals surface area (Å²) in [5.41, 5.74) is 2.04. The van der Waals surface area contributed by atoms with Crippen molar-refractivity contribution in [2.45, 2.75) is 13.0 Å². The van der Waals surface area contributed by atoms with E-state index in [-0.39, 0.29) is 17.1 Å². The molecule has 152 valence electrons. The zero-order chi connectivity index (χ0) is 21.4. The van der Waals surface area contributed by atoms with Crippen molar-refractivity contribution in [2.24, 2.45) is 0 Å². The maximum absolute atomic E-state index is 13.3. The Morgan fingerprint density at radius 2 is 1.97 bits per heavy atom. The lowest BCUT2D eigenvalue weighted by Gasteiger charge is -2.24. The van der Waals surface area contributed by atoms with Crippen LogP contribution in [0, 0.1) is 12.7 Å². The predicted molar refractivity (Wildman–Crippen MR) is 110 cm³/mol. The van der Waals surface area contributed by atoms with E-state index in [0.717, 1.165) is 5.56 Å². The van der Waals surface area contributed by atoms with Gasteiger partial charge in [0.2, 0.25) is 0 Å². The van der Waals surface area contributed by atoms with Gasteiger partial charge in [-0.2, -0.15) is 5.10 Å². The highest BCUT2D eigenvalue weighted by molar-refractivity contribution is 6.31. The van der Waals surface area contributed by atoms with Crippen molar-refractivity contribution in [2.75, 3.05) is 10.6 Å². The smallest absolute Gasteiger partial charge is 0.352 e. The number of fused-ring (bicyclic) bond motifs is 1. The lowest BCUT2D eigenvalue weighted by Crippen LogP contribution is -2.25. The molecule has 0 spiro atoms. The number of carbonyl (C=O) groups excluding carboxylic acids is 1. The molecule has 1 atom stereocenters. The van der Waals surface area contributed by atoms with Crippen LogP contribution in [0.3, 0.4) is 0 Å². The number of aliphatic carboxylic acids is 1. The molecule has 1 amide bonds. The van der Waals surface area contributed by atoms with Crippen LogP contribution in [0.15, 0.2) is 60.4 Å². The van der Waals surface area contributed by atoms with E-state index >= 15 is 0 Å². The molecule has 3 N–H and O–H groups in total. The number of halogens is 2. The number of rotatable bonds is 4. The number of allylic oxidation sites excluding steroid dienone is 1. The van der Waals surface area contributed by atoms with Gasteiger partial charge in [-0.3, -0.25) is 4.79 Å². The molecule has 3 aromatic rings. The average Bonchev–Trinajstić information content (AvgIpc) is 3.15. The molecular formula is C21H16ClFN4O3. The second-order valence-corrected chi connectivity index (χ2v) is 7.18. The van der Waals surface area contributed by atoms with Crippen molar-refractivity contribution in [3.63, 3.8) is 0 Å². The number of nitrogens with zero attached hydrogens (tertiary/aromatic N) is 2. The fourth-order valence-corrected chi connectivity index (χ4v) is 3.33. The van der Waals surface area contributed by atoms with Gasteiger partial charge in [0.25, 0.3) is 5.91 Å². The van der Waals surface area contributed by atoms with Crippen molar-refractivity contribution >= 4 is 35.0 Å². The molecule has 0 bridgehead atoms. The summed E-state index contributed by atoms with van der Waals surface area (Å²) < 4.78 is 14.8. The van der Waals surface area contributed by atoms with Gasteiger partial charge in [0.05, 0.1) is 12.2 Å². The van der Waals surface area contributed by atoms with E-state index in [9.17, 15) is 19.1 Å². The quantitative estimate of drug-likeness (QED) is 0.580. The van der Waals surface area contributed by atoms with Crippen LogP contribution in [-0.4, -0.2) is 26.8 Å². The molecule has 1 aliphatic rings. The highest BCUT2D eigenvalue weighted by Gasteiger charge is 2.29. The van der Waals surface area contributed by atoms with E-state index in [4.69, 9.17) is 11.6 Å². The van der Waals surface area contributed by atoms with Gasteiger partial charge in [-0.05, 0) is 48.4 Å². The molecule has 0 radical (unpaired) electrons. The Balaban J connectivity index is 1.70. The van der Waals surface area contributed by atoms with Gasteiger partial charge >= 0.3 is 5.97 Å². The van der Waals surface area contributed by atoms with Gasteiger partial charge in [0.1, 0.15) is 22.9 Å². The number of hydrogen-bond acceptors (Lipinski definition) is 4. The van der Waals surface area contributed by atoms with Crippen molar-refractivity contribution in [3.8, 4) is 0 Å². The summed E-state index contributed by atoms with van der Waals surface area (Å²) in [4.78, 5) is 24.5. The molecule has 0 aliphatic carbocycles. The molecular weight excluding hydrogens is 411 g/mol. The third kappa shape index (κ3) is 3.65. The second-order valence-electron chi connectivity index (χ2n) is 6.78. The first-order chi connectivity index (χ1) is 14.3. The summed E-state index contributed by atoms with van der Waals surface area (Å²) in [5.74, 6) is -1.85. The molecule has 0 saturated carbocycles. The first kappa shape index (κ1) is 19.7. The summed E-state index contributed by atoms with van der Waals surface area (Å²) in [6, 6.07) is 10.1. The summed E-state index contributed by atoms with van der Waals surface area (Å²) in [6.07, 6.45) is 2.81. The average molecular weight is 427 g/mol. The van der Waals surface area contributed by atoms with E-state index in [0.29, 0.717) is 16.3 Å². The van der Waals surface area contributed by atoms with Gasteiger partial charge in [-0.25, -0.2) is 13.9 Å². The fourth-order valence-electron chi connectivity index (χ4n) is 3.15. The van der Waals surface area contributed by atoms with Crippen LogP contribution in [0.4, 0.5) is 15.9 Å². The number of carboxylic acid groups (broad SMARTS) is 1. The van der Waals surface area contributed by atoms with Crippen LogP contribution in [-0.2, 0) is 4.79 Å². The maximum Gasteiger partial charge on any atom is 0.352 e. The van der Waals surface area contributed by atoms with Crippen LogP contribution in [0.1, 0.15) is 27.5 Å². The lowest BCUT2D eigenvalue weighted by molar-refractivity contribution is -0.132. The van der Waals surface area contributed by atoms with Crippen LogP contribution in [0.25, 0.3) is 0 Å². The number of hydrogen-bond donors (Lipinski definition) is 3. The van der Waals surface area contributed by atoms with Crippen LogP contribution in [0.2, 0.25) is 5.02 Å². The van der Waals surface area contributed by atoms with Crippen molar-refractivity contribution in [3.05, 3.63) is 88.0 Å². The van der Waals surface area contributed by atoms with E-state index in [1.165, 1.54) is 29.1 Å². The third-order valence-electron chi connectivity index (χ3n) is 4.75. The van der Waals surface area contributed by atoms with Crippen LogP contribution < -0.4 is 10.6 Å². The standard InChI is InChI=1S/C21H16ClFN4O3/c1-11-2-7-14(8-16(11)22)25-20(28)15-10-24-27-18(12-3-5-13(23)6-4-12)9-17(21(29)30)26-19(15)27/h2-10,18,26H,1H3,(H,25,28)(H,29,30). The summed E-state index contributed by atoms with van der Waals surface area (Å²) >= 11 is 6.11. The Bertz CT molecular complexity index is 1190. The van der Waals surface area contributed by atoms with E-state index in [2.05, 4.69) is 15.7 Å². The maximum atomic E-state index is 13.3. The number of carboxylic acids is 1. The largest absolute Gasteiger partial charge is 0.477 e. The van der Waals surface area contributed by atoms with Crippen molar-refractivity contribution in [1.82, 2.24) is 9.78 Å². The zero-order valence-electron chi connectivity index (χ0n) is 15.7. The molecule has 0 saturated heterocycles. The van der Waals surface area contributed by atoms with Gasteiger partial charge in [-0.1, -0.05) is 29.8 Å². The minimum absolute atomic E-state index is 0.107. The zero-order valence-corrected chi connectivity index (χ0v) is 16.4. The molecule has 4 rings (SSSR count). The van der Waals surface area contributed by atoms with Crippen molar-refractivity contribution < 1.29 is 19.1 Å². The fraction of sp³-hybridized carbons (Fsp3) is 0.0952. The first-order valence-electron chi connectivity index (χ1n) is 8.96. The Labute approximate surface area is 175 Å². The molecule has 9 heteroatoms. The first-order valence-corrected chi connectivity index (χ1v) is 9.34. The second kappa shape index (κ2) is 7.64. The van der Waals surface area contributed by atoms with Gasteiger partial charge in [-0.15, -0.1) is 0 Å². The summed E-state index contributed by atoms with van der Waals surface area (Å²) in [6.45, 7) is 1.85. The molecule has 30 heavy (non-hydrogen) atoms. The third-order valence-corrected chi connectivity index (χ3v) is 5.16. The molecule has 2 heterocycles. The molecule has 2 aromatic carbocycles. The Morgan fingerprint density at radius 1 is 1.23 bits per heavy atom. The predicted octanol–water partition coefficient (Wildman–Crippen LogP) is 4.22. The minimum atomic E-state index is -1.19. The number of benzene rings is 2. The molecule has 1 unspecified atom stereocenters. The molecule has 7 nitrogen and oxygen atoms in total. The number of amides is 1. The van der Waals surface area contributed by atoms with Crippen LogP contribution >= 0.6 is 11.6 Å². The minimum Gasteiger partial charge on any atom is -0.477 e. The number of aryl methyl sites for hydroxylation is 1. The highest BCUT2D eigenvalue weighted by atomic mass is 35.5. The number of nitrogens with one attached hydrogen (secondary N) is 2. The lowest BCUT2D eigenvalue weighted by atomic mass is 10.0. The summed E-state index contributed by atoms with van der Waals surface area (Å²) in [7, 11) is 0. The summed E-state index contributed by atoms with van der Waals surface area (Å²) in [5, 5.41) is 19.7. The van der Waals surface area contributed by atoms with Crippen LogP contribution in [0.5, 0.6) is 0 Å². The van der Waals surface area contributed by atoms with E-state index in [1.54, 1.807) is 30.3 Å². The Kier molecular flexibility index (Phi) is 5.01. The Morgan fingerprint density at radius 3 is 2.63 bits per heavy atom. The number of aromatic nitrogens is 2. The van der Waals surface area contributed by atoms with Gasteiger partial charge < -0.3 is 15.7 Å². The monoisotopic (exact) mass is 426 g/mol. The molecule has 1 aromatic heterocycles. The SMILES string of the molecule is Cc1ccc(NC(=O)c2cnn3c2NC(C(=O)O)=CC3c2ccc(F)cc2)cc1Cl. The highest BCUT2D eigenvalue weighted by Crippen LogP contribution is 2.32. The Hall–Kier alpha value is -3.65. The number of anilines is 2. The van der Waals surface area contributed by atoms with E-state index in [1.807, 2.05) is 6.92 Å². The normalized spacial score (nSPS) is 15.0.